The molecule has 1 aromatic rings. The van der Waals surface area contributed by atoms with E-state index in [1.165, 1.54) is 25.3 Å². The number of benzene rings is 1. The van der Waals surface area contributed by atoms with Crippen molar-refractivity contribution >= 4 is 17.7 Å². The first-order valence-electron chi connectivity index (χ1n) is 12.8. The van der Waals surface area contributed by atoms with Crippen LogP contribution in [0.15, 0.2) is 53.6 Å². The second-order valence-corrected chi connectivity index (χ2v) is 10.4. The van der Waals surface area contributed by atoms with Crippen molar-refractivity contribution in [2.45, 2.75) is 83.0 Å². The van der Waals surface area contributed by atoms with Crippen LogP contribution in [0.4, 0.5) is 13.2 Å². The standard InChI is InChI=1S/C29H35F3O7/c1-18(2)10-9-11-19(3)14-24-27(17-25(34)39-24)16-22(21(36-4)15-23(27)33)38-26(35)28(37-5,29(30,31)32)20-12-7-6-8-13-20/h6-8,10,12-14,21-22,24H,9,11,15-17H2,1-5H3/b19-14+/t21-,22+,24-,27+,28-/m1/s1. The third kappa shape index (κ3) is 6.11. The van der Waals surface area contributed by atoms with Crippen molar-refractivity contribution in [3.63, 3.8) is 0 Å². The van der Waals surface area contributed by atoms with E-state index in [9.17, 15) is 27.6 Å². The zero-order valence-corrected chi connectivity index (χ0v) is 22.8. The molecular weight excluding hydrogens is 517 g/mol. The van der Waals surface area contributed by atoms with Crippen LogP contribution in [0.1, 0.15) is 58.4 Å². The molecule has 214 valence electrons. The number of cyclic esters (lactones) is 1. The van der Waals surface area contributed by atoms with Crippen LogP contribution in [-0.2, 0) is 38.9 Å². The summed E-state index contributed by atoms with van der Waals surface area (Å²) in [7, 11) is 2.06. The van der Waals surface area contributed by atoms with Crippen LogP contribution < -0.4 is 0 Å². The summed E-state index contributed by atoms with van der Waals surface area (Å²) < 4.78 is 64.5. The summed E-state index contributed by atoms with van der Waals surface area (Å²) >= 11 is 0. The highest BCUT2D eigenvalue weighted by Crippen LogP contribution is 2.49. The maximum Gasteiger partial charge on any atom is 0.432 e. The number of carbonyl (C=O) groups is 3. The Labute approximate surface area is 226 Å². The first-order chi connectivity index (χ1) is 18.3. The topological polar surface area (TPSA) is 88.1 Å². The number of allylic oxidation sites excluding steroid dienone is 3. The van der Waals surface area contributed by atoms with Gasteiger partial charge in [-0.1, -0.05) is 47.6 Å². The number of ketones is 1. The van der Waals surface area contributed by atoms with Gasteiger partial charge in [-0.15, -0.1) is 0 Å². The van der Waals surface area contributed by atoms with E-state index >= 15 is 0 Å². The van der Waals surface area contributed by atoms with Crippen molar-refractivity contribution in [1.82, 2.24) is 0 Å². The third-order valence-corrected chi connectivity index (χ3v) is 7.45. The molecule has 1 saturated heterocycles. The molecule has 1 spiro atoms. The van der Waals surface area contributed by atoms with E-state index in [0.29, 0.717) is 6.42 Å². The fourth-order valence-corrected chi connectivity index (χ4v) is 5.31. The van der Waals surface area contributed by atoms with Crippen LogP contribution in [0.3, 0.4) is 0 Å². The molecule has 0 radical (unpaired) electrons. The second kappa shape index (κ2) is 12.0. The lowest BCUT2D eigenvalue weighted by atomic mass is 9.66. The Kier molecular flexibility index (Phi) is 9.43. The molecule has 7 nitrogen and oxygen atoms in total. The summed E-state index contributed by atoms with van der Waals surface area (Å²) in [4.78, 5) is 39.2. The zero-order valence-electron chi connectivity index (χ0n) is 22.8. The number of halogens is 3. The molecule has 2 fully saturated rings. The fourth-order valence-electron chi connectivity index (χ4n) is 5.31. The van der Waals surface area contributed by atoms with Gasteiger partial charge in [0.15, 0.2) is 0 Å². The molecule has 3 rings (SSSR count). The zero-order chi connectivity index (χ0) is 29.0. The minimum absolute atomic E-state index is 0.239. The lowest BCUT2D eigenvalue weighted by Gasteiger charge is -2.42. The van der Waals surface area contributed by atoms with E-state index in [0.717, 1.165) is 36.8 Å². The van der Waals surface area contributed by atoms with Gasteiger partial charge < -0.3 is 18.9 Å². The summed E-state index contributed by atoms with van der Waals surface area (Å²) in [6.07, 6.45) is -3.94. The summed E-state index contributed by atoms with van der Waals surface area (Å²) in [5.74, 6) is -2.62. The molecule has 10 heteroatoms. The van der Waals surface area contributed by atoms with Gasteiger partial charge in [-0.25, -0.2) is 4.79 Å². The van der Waals surface area contributed by atoms with Gasteiger partial charge in [0.05, 0.1) is 11.8 Å². The summed E-state index contributed by atoms with van der Waals surface area (Å²) in [6.45, 7) is 5.82. The monoisotopic (exact) mass is 552 g/mol. The number of Topliss-reactive ketones (excluding diaryl/α,β-unsaturated/α-hetero) is 1. The lowest BCUT2D eigenvalue weighted by Crippen LogP contribution is -2.56. The van der Waals surface area contributed by atoms with E-state index in [-0.39, 0.29) is 25.0 Å². The number of hydrogen-bond donors (Lipinski definition) is 0. The Morgan fingerprint density at radius 1 is 1.10 bits per heavy atom. The second-order valence-electron chi connectivity index (χ2n) is 10.4. The highest BCUT2D eigenvalue weighted by molar-refractivity contribution is 5.93. The van der Waals surface area contributed by atoms with Crippen LogP contribution in [0.5, 0.6) is 0 Å². The normalized spacial score (nSPS) is 27.2. The Bertz CT molecular complexity index is 1120. The Balaban J connectivity index is 1.95. The molecule has 0 aromatic heterocycles. The van der Waals surface area contributed by atoms with E-state index in [2.05, 4.69) is 6.08 Å². The largest absolute Gasteiger partial charge is 0.457 e. The maximum absolute atomic E-state index is 14.4. The molecule has 39 heavy (non-hydrogen) atoms. The molecule has 1 saturated carbocycles. The molecule has 1 aliphatic heterocycles. The lowest BCUT2D eigenvalue weighted by molar-refractivity contribution is -0.280. The molecule has 1 aliphatic carbocycles. The van der Waals surface area contributed by atoms with Gasteiger partial charge in [0.25, 0.3) is 5.60 Å². The smallest absolute Gasteiger partial charge is 0.432 e. The van der Waals surface area contributed by atoms with E-state index in [4.69, 9.17) is 18.9 Å². The van der Waals surface area contributed by atoms with Crippen molar-refractivity contribution in [2.75, 3.05) is 14.2 Å². The van der Waals surface area contributed by atoms with Gasteiger partial charge in [-0.05, 0) is 39.7 Å². The predicted octanol–water partition coefficient (Wildman–Crippen LogP) is 5.37. The summed E-state index contributed by atoms with van der Waals surface area (Å²) in [5.41, 5.74) is -3.20. The predicted molar refractivity (Wildman–Crippen MR) is 135 cm³/mol. The van der Waals surface area contributed by atoms with Gasteiger partial charge in [0.1, 0.15) is 24.1 Å². The van der Waals surface area contributed by atoms with E-state index in [1.807, 2.05) is 20.8 Å². The number of ether oxygens (including phenoxy) is 4. The minimum Gasteiger partial charge on any atom is -0.457 e. The number of carbonyl (C=O) groups excluding carboxylic acids is 3. The van der Waals surface area contributed by atoms with Crippen molar-refractivity contribution in [1.29, 1.82) is 0 Å². The van der Waals surface area contributed by atoms with Crippen molar-refractivity contribution in [3.05, 3.63) is 59.2 Å². The molecule has 0 bridgehead atoms. The van der Waals surface area contributed by atoms with Crippen molar-refractivity contribution in [3.8, 4) is 0 Å². The van der Waals surface area contributed by atoms with Crippen LogP contribution >= 0.6 is 0 Å². The first-order valence-corrected chi connectivity index (χ1v) is 12.8. The number of esters is 2. The van der Waals surface area contributed by atoms with Crippen LogP contribution in [0, 0.1) is 5.41 Å². The number of rotatable bonds is 9. The molecule has 0 unspecified atom stereocenters. The quantitative estimate of drug-likeness (QED) is 0.300. The molecule has 1 heterocycles. The summed E-state index contributed by atoms with van der Waals surface area (Å²) in [6, 6.07) is 6.47. The first kappa shape index (κ1) is 30.6. The molecule has 2 aliphatic rings. The molecule has 0 N–H and O–H groups in total. The average Bonchev–Trinajstić information content (AvgIpc) is 3.16. The maximum atomic E-state index is 14.4. The molecule has 1 aromatic carbocycles. The Morgan fingerprint density at radius 3 is 2.33 bits per heavy atom. The van der Waals surface area contributed by atoms with Gasteiger partial charge >= 0.3 is 18.1 Å². The number of methoxy groups -OCH3 is 2. The molecular formula is C29H35F3O7. The van der Waals surface area contributed by atoms with Crippen molar-refractivity contribution < 1.29 is 46.5 Å². The van der Waals surface area contributed by atoms with Gasteiger partial charge in [-0.3, -0.25) is 9.59 Å². The average molecular weight is 553 g/mol. The SMILES string of the molecule is CO[C@@H]1CC(=O)[C@@]2(CC(=O)O[C@@H]2/C=C(\C)CCC=C(C)C)C[C@@H]1OC(=O)[C@](OC)(c1ccccc1)C(F)(F)F. The summed E-state index contributed by atoms with van der Waals surface area (Å²) in [5, 5.41) is 0. The number of alkyl halides is 3. The van der Waals surface area contributed by atoms with Crippen LogP contribution in [0.2, 0.25) is 0 Å². The minimum atomic E-state index is -5.16. The number of hydrogen-bond acceptors (Lipinski definition) is 7. The fraction of sp³-hybridized carbons (Fsp3) is 0.552. The van der Waals surface area contributed by atoms with E-state index in [1.54, 1.807) is 6.08 Å². The highest BCUT2D eigenvalue weighted by atomic mass is 19.4. The third-order valence-electron chi connectivity index (χ3n) is 7.45. The van der Waals surface area contributed by atoms with Crippen LogP contribution in [0.25, 0.3) is 0 Å². The van der Waals surface area contributed by atoms with Gasteiger partial charge in [0.2, 0.25) is 0 Å². The van der Waals surface area contributed by atoms with Gasteiger partial charge in [-0.2, -0.15) is 13.2 Å². The Hall–Kier alpha value is -2.98. The Morgan fingerprint density at radius 2 is 1.77 bits per heavy atom. The van der Waals surface area contributed by atoms with E-state index < -0.39 is 53.0 Å². The molecule has 0 amide bonds. The van der Waals surface area contributed by atoms with Gasteiger partial charge in [0, 0.05) is 32.6 Å². The van der Waals surface area contributed by atoms with Crippen molar-refractivity contribution in [2.24, 2.45) is 5.41 Å². The highest BCUT2D eigenvalue weighted by Gasteiger charge is 2.65. The van der Waals surface area contributed by atoms with Crippen LogP contribution in [-0.4, -0.2) is 56.4 Å². The molecule has 5 atom stereocenters.